The highest BCUT2D eigenvalue weighted by molar-refractivity contribution is 5.74. The van der Waals surface area contributed by atoms with Crippen LogP contribution in [0, 0.1) is 11.8 Å². The minimum Gasteiger partial charge on any atom is -0.508 e. The second kappa shape index (κ2) is 15.2. The standard InChI is InChI=1S/C9H11NO3.C6H13NO2.C5H11NO2/c10-8(9(12)13)5-6-1-3-7(11)4-2-6;1-4(2)3-5(7)6(8)9;1-3(2)4(6)5(7)8/h1-4,8,11H,5,10H2,(H,12,13);4-5H,3,7H2,1-2H3,(H,8,9);3-4H,6H2,1-2H3,(H,7,8). The van der Waals surface area contributed by atoms with E-state index in [1.165, 1.54) is 12.1 Å². The molecule has 30 heavy (non-hydrogen) atoms. The first-order chi connectivity index (χ1) is 13.7. The van der Waals surface area contributed by atoms with Gasteiger partial charge in [-0.15, -0.1) is 0 Å². The second-order valence-electron chi connectivity index (χ2n) is 7.50. The number of aromatic hydroxyl groups is 1. The molecule has 0 aliphatic rings. The van der Waals surface area contributed by atoms with Crippen molar-refractivity contribution in [3.05, 3.63) is 29.8 Å². The lowest BCUT2D eigenvalue weighted by molar-refractivity contribution is -0.140. The fourth-order valence-electron chi connectivity index (χ4n) is 1.87. The molecule has 3 unspecified atom stereocenters. The minimum atomic E-state index is -1.02. The zero-order chi connectivity index (χ0) is 24.0. The lowest BCUT2D eigenvalue weighted by Crippen LogP contribution is -2.34. The van der Waals surface area contributed by atoms with Crippen LogP contribution in [0.2, 0.25) is 0 Å². The Morgan fingerprint density at radius 3 is 1.47 bits per heavy atom. The summed E-state index contributed by atoms with van der Waals surface area (Å²) in [5, 5.41) is 34.0. The van der Waals surface area contributed by atoms with Crippen molar-refractivity contribution in [1.29, 1.82) is 0 Å². The Kier molecular flexibility index (Phi) is 14.9. The van der Waals surface area contributed by atoms with Crippen LogP contribution in [0.4, 0.5) is 0 Å². The molecule has 0 spiro atoms. The minimum absolute atomic E-state index is 0.0208. The SMILES string of the molecule is CC(C)C(N)C(=O)O.CC(C)CC(N)C(=O)O.NC(Cc1ccc(O)cc1)C(=O)O. The van der Waals surface area contributed by atoms with Crippen LogP contribution in [0.5, 0.6) is 5.75 Å². The number of rotatable bonds is 8. The zero-order valence-corrected chi connectivity index (χ0v) is 17.9. The van der Waals surface area contributed by atoms with Gasteiger partial charge in [0.15, 0.2) is 0 Å². The van der Waals surface area contributed by atoms with Gasteiger partial charge < -0.3 is 37.6 Å². The predicted molar refractivity (Wildman–Crippen MR) is 113 cm³/mol. The normalized spacial score (nSPS) is 13.2. The van der Waals surface area contributed by atoms with Crippen molar-refractivity contribution in [2.24, 2.45) is 29.0 Å². The number of hydrogen-bond donors (Lipinski definition) is 7. The molecule has 0 bridgehead atoms. The van der Waals surface area contributed by atoms with Crippen molar-refractivity contribution in [1.82, 2.24) is 0 Å². The van der Waals surface area contributed by atoms with Crippen LogP contribution in [-0.2, 0) is 20.8 Å². The van der Waals surface area contributed by atoms with E-state index < -0.39 is 36.0 Å². The van der Waals surface area contributed by atoms with Crippen LogP contribution in [0.15, 0.2) is 24.3 Å². The number of aliphatic carboxylic acids is 3. The molecule has 0 saturated heterocycles. The molecule has 0 aromatic heterocycles. The summed E-state index contributed by atoms with van der Waals surface area (Å²) in [5.41, 5.74) is 16.5. The zero-order valence-electron chi connectivity index (χ0n) is 17.9. The topological polar surface area (TPSA) is 210 Å². The summed E-state index contributed by atoms with van der Waals surface area (Å²) in [4.78, 5) is 30.5. The highest BCUT2D eigenvalue weighted by Gasteiger charge is 2.14. The van der Waals surface area contributed by atoms with E-state index in [1.807, 2.05) is 13.8 Å². The number of phenolic OH excluding ortho intramolecular Hbond substituents is 1. The van der Waals surface area contributed by atoms with Crippen molar-refractivity contribution in [2.75, 3.05) is 0 Å². The van der Waals surface area contributed by atoms with Crippen LogP contribution in [0.1, 0.15) is 39.7 Å². The molecule has 10 heteroatoms. The predicted octanol–water partition coefficient (Wildman–Crippen LogP) is 0.845. The van der Waals surface area contributed by atoms with Crippen LogP contribution in [0.3, 0.4) is 0 Å². The van der Waals surface area contributed by atoms with Gasteiger partial charge in [-0.05, 0) is 42.4 Å². The summed E-state index contributed by atoms with van der Waals surface area (Å²) in [6.07, 6.45) is 0.824. The number of phenols is 1. The van der Waals surface area contributed by atoms with Crippen LogP contribution in [-0.4, -0.2) is 56.5 Å². The summed E-state index contributed by atoms with van der Waals surface area (Å²) >= 11 is 0. The van der Waals surface area contributed by atoms with E-state index in [-0.39, 0.29) is 18.1 Å². The van der Waals surface area contributed by atoms with Gasteiger partial charge in [-0.2, -0.15) is 0 Å². The maximum Gasteiger partial charge on any atom is 0.320 e. The van der Waals surface area contributed by atoms with Gasteiger partial charge in [-0.25, -0.2) is 0 Å². The average Bonchev–Trinajstić information content (AvgIpc) is 2.63. The smallest absolute Gasteiger partial charge is 0.320 e. The fourth-order valence-corrected chi connectivity index (χ4v) is 1.87. The lowest BCUT2D eigenvalue weighted by atomic mass is 10.1. The van der Waals surface area contributed by atoms with Crippen LogP contribution >= 0.6 is 0 Å². The van der Waals surface area contributed by atoms with Gasteiger partial charge in [0.25, 0.3) is 0 Å². The number of benzene rings is 1. The third-order valence-corrected chi connectivity index (χ3v) is 3.76. The fraction of sp³-hybridized carbons (Fsp3) is 0.550. The molecule has 10 nitrogen and oxygen atoms in total. The summed E-state index contributed by atoms with van der Waals surface area (Å²) < 4.78 is 0. The third kappa shape index (κ3) is 15.3. The molecule has 10 N–H and O–H groups in total. The van der Waals surface area contributed by atoms with Crippen LogP contribution < -0.4 is 17.2 Å². The van der Waals surface area contributed by atoms with E-state index in [2.05, 4.69) is 0 Å². The van der Waals surface area contributed by atoms with Crippen LogP contribution in [0.25, 0.3) is 0 Å². The van der Waals surface area contributed by atoms with Crippen molar-refractivity contribution < 1.29 is 34.8 Å². The summed E-state index contributed by atoms with van der Waals surface area (Å²) in [6, 6.07) is 4.02. The number of carboxylic acids is 3. The summed E-state index contributed by atoms with van der Waals surface area (Å²) in [5.74, 6) is -2.33. The molecular weight excluding hydrogens is 394 g/mol. The lowest BCUT2D eigenvalue weighted by Gasteiger charge is -2.07. The summed E-state index contributed by atoms with van der Waals surface area (Å²) in [7, 11) is 0. The maximum absolute atomic E-state index is 10.4. The first-order valence-electron chi connectivity index (χ1n) is 9.42. The Morgan fingerprint density at radius 1 is 0.800 bits per heavy atom. The first kappa shape index (κ1) is 29.5. The van der Waals surface area contributed by atoms with Gasteiger partial charge in [0.2, 0.25) is 0 Å². The molecular formula is C20H35N3O7. The quantitative estimate of drug-likeness (QED) is 0.309. The molecule has 1 rings (SSSR count). The molecule has 0 radical (unpaired) electrons. The summed E-state index contributed by atoms with van der Waals surface area (Å²) in [6.45, 7) is 7.45. The Hall–Kier alpha value is -2.69. The van der Waals surface area contributed by atoms with E-state index in [0.29, 0.717) is 12.3 Å². The Bertz CT molecular complexity index is 648. The highest BCUT2D eigenvalue weighted by atomic mass is 16.4. The first-order valence-corrected chi connectivity index (χ1v) is 9.42. The Balaban J connectivity index is 0. The van der Waals surface area contributed by atoms with Gasteiger partial charge in [0.1, 0.15) is 23.9 Å². The number of nitrogens with two attached hydrogens (primary N) is 3. The number of hydrogen-bond acceptors (Lipinski definition) is 7. The van der Waals surface area contributed by atoms with Gasteiger partial charge in [-0.3, -0.25) is 14.4 Å². The Morgan fingerprint density at radius 2 is 1.23 bits per heavy atom. The molecule has 0 fully saturated rings. The number of carbonyl (C=O) groups is 3. The highest BCUT2D eigenvalue weighted by Crippen LogP contribution is 2.10. The average molecular weight is 430 g/mol. The van der Waals surface area contributed by atoms with E-state index >= 15 is 0 Å². The van der Waals surface area contributed by atoms with Gasteiger partial charge in [0.05, 0.1) is 0 Å². The molecule has 0 aliphatic heterocycles. The van der Waals surface area contributed by atoms with E-state index in [4.69, 9.17) is 37.6 Å². The third-order valence-electron chi connectivity index (χ3n) is 3.76. The molecule has 3 atom stereocenters. The van der Waals surface area contributed by atoms with Crippen molar-refractivity contribution in [3.8, 4) is 5.75 Å². The van der Waals surface area contributed by atoms with E-state index in [1.54, 1.807) is 26.0 Å². The second-order valence-corrected chi connectivity index (χ2v) is 7.50. The molecule has 1 aromatic rings. The monoisotopic (exact) mass is 429 g/mol. The number of carboxylic acid groups (broad SMARTS) is 3. The van der Waals surface area contributed by atoms with Gasteiger partial charge in [-0.1, -0.05) is 39.8 Å². The molecule has 172 valence electrons. The van der Waals surface area contributed by atoms with E-state index in [9.17, 15) is 14.4 Å². The molecule has 1 aromatic carbocycles. The van der Waals surface area contributed by atoms with Crippen molar-refractivity contribution in [3.63, 3.8) is 0 Å². The van der Waals surface area contributed by atoms with E-state index in [0.717, 1.165) is 5.56 Å². The Labute approximate surface area is 176 Å². The molecule has 0 heterocycles. The molecule has 0 amide bonds. The largest absolute Gasteiger partial charge is 0.508 e. The van der Waals surface area contributed by atoms with Crippen molar-refractivity contribution >= 4 is 17.9 Å². The maximum atomic E-state index is 10.4. The van der Waals surface area contributed by atoms with Gasteiger partial charge in [0, 0.05) is 0 Å². The van der Waals surface area contributed by atoms with Crippen molar-refractivity contribution in [2.45, 2.75) is 58.7 Å². The van der Waals surface area contributed by atoms with Gasteiger partial charge >= 0.3 is 17.9 Å². The molecule has 0 saturated carbocycles. The molecule has 0 aliphatic carbocycles.